The van der Waals surface area contributed by atoms with E-state index >= 15 is 0 Å². The molecule has 0 saturated carbocycles. The number of anilines is 1. The molecule has 0 aliphatic rings. The van der Waals surface area contributed by atoms with Gasteiger partial charge in [0.15, 0.2) is 5.75 Å². The number of carboxylic acids is 1. The standard InChI is InChI=1S/C9H9FN2O5S/c10-7-2-1-5(3-6(7)9(11)15)12-18(16,17)4-8(13)14/h1-3,12H,4H2,(H2,11,15)(H,13,14). The molecule has 1 aromatic rings. The van der Waals surface area contributed by atoms with Crippen LogP contribution < -0.4 is 10.5 Å². The summed E-state index contributed by atoms with van der Waals surface area (Å²) in [5, 5.41) is 8.36. The summed E-state index contributed by atoms with van der Waals surface area (Å²) in [6.07, 6.45) is 0. The molecule has 0 radical (unpaired) electrons. The average Bonchev–Trinajstić information content (AvgIpc) is 2.18. The first-order valence-electron chi connectivity index (χ1n) is 4.53. The Balaban J connectivity index is 3.03. The molecular formula is C9H9FN2O5S. The first-order chi connectivity index (χ1) is 8.21. The molecule has 0 aliphatic heterocycles. The number of carbonyl (C=O) groups is 2. The molecule has 1 amide bonds. The van der Waals surface area contributed by atoms with Crippen LogP contribution in [0.5, 0.6) is 0 Å². The van der Waals surface area contributed by atoms with Crippen molar-refractivity contribution in [2.45, 2.75) is 0 Å². The van der Waals surface area contributed by atoms with Gasteiger partial charge in [0.25, 0.3) is 5.91 Å². The molecule has 0 fully saturated rings. The number of hydrogen-bond acceptors (Lipinski definition) is 4. The number of nitrogens with two attached hydrogens (primary N) is 1. The molecule has 7 nitrogen and oxygen atoms in total. The normalized spacial score (nSPS) is 10.9. The Kier molecular flexibility index (Phi) is 3.86. The molecule has 1 rings (SSSR count). The largest absolute Gasteiger partial charge is 0.480 e. The van der Waals surface area contributed by atoms with Gasteiger partial charge in [-0.15, -0.1) is 0 Å². The SMILES string of the molecule is NC(=O)c1cc(NS(=O)(=O)CC(=O)O)ccc1F. The van der Waals surface area contributed by atoms with Gasteiger partial charge >= 0.3 is 5.97 Å². The van der Waals surface area contributed by atoms with E-state index in [1.54, 1.807) is 0 Å². The van der Waals surface area contributed by atoms with E-state index < -0.39 is 39.0 Å². The minimum Gasteiger partial charge on any atom is -0.480 e. The van der Waals surface area contributed by atoms with E-state index in [2.05, 4.69) is 0 Å². The predicted octanol–water partition coefficient (Wildman–Crippen LogP) is -0.249. The van der Waals surface area contributed by atoms with Crippen LogP contribution in [0.25, 0.3) is 0 Å². The van der Waals surface area contributed by atoms with Crippen LogP contribution in [0.1, 0.15) is 10.4 Å². The second kappa shape index (κ2) is 5.00. The predicted molar refractivity (Wildman–Crippen MR) is 60.0 cm³/mol. The molecule has 0 aliphatic carbocycles. The minimum absolute atomic E-state index is 0.147. The van der Waals surface area contributed by atoms with Crippen LogP contribution in [0.3, 0.4) is 0 Å². The van der Waals surface area contributed by atoms with Gasteiger partial charge in [-0.05, 0) is 18.2 Å². The number of nitrogens with one attached hydrogen (secondary N) is 1. The number of amides is 1. The molecule has 0 heterocycles. The lowest BCUT2D eigenvalue weighted by Gasteiger charge is -2.07. The van der Waals surface area contributed by atoms with Crippen LogP contribution in [0, 0.1) is 5.82 Å². The summed E-state index contributed by atoms with van der Waals surface area (Å²) in [7, 11) is -4.11. The van der Waals surface area contributed by atoms with Crippen molar-refractivity contribution >= 4 is 27.6 Å². The lowest BCUT2D eigenvalue weighted by atomic mass is 10.2. The van der Waals surface area contributed by atoms with Crippen LogP contribution in [-0.2, 0) is 14.8 Å². The van der Waals surface area contributed by atoms with Crippen molar-refractivity contribution in [2.24, 2.45) is 5.73 Å². The number of sulfonamides is 1. The van der Waals surface area contributed by atoms with E-state index in [-0.39, 0.29) is 5.69 Å². The monoisotopic (exact) mass is 276 g/mol. The van der Waals surface area contributed by atoms with Crippen LogP contribution in [0.2, 0.25) is 0 Å². The third kappa shape index (κ3) is 3.70. The maximum Gasteiger partial charge on any atom is 0.320 e. The highest BCUT2D eigenvalue weighted by atomic mass is 32.2. The van der Waals surface area contributed by atoms with Crippen molar-refractivity contribution in [3.8, 4) is 0 Å². The lowest BCUT2D eigenvalue weighted by Crippen LogP contribution is -2.23. The molecule has 0 unspecified atom stereocenters. The highest BCUT2D eigenvalue weighted by molar-refractivity contribution is 7.93. The molecule has 0 aromatic heterocycles. The fraction of sp³-hybridized carbons (Fsp3) is 0.111. The lowest BCUT2D eigenvalue weighted by molar-refractivity contribution is -0.134. The number of halogens is 1. The molecule has 9 heteroatoms. The molecule has 0 spiro atoms. The molecule has 4 N–H and O–H groups in total. The number of primary amides is 1. The summed E-state index contributed by atoms with van der Waals surface area (Å²) in [4.78, 5) is 21.1. The highest BCUT2D eigenvalue weighted by Crippen LogP contribution is 2.15. The van der Waals surface area contributed by atoms with Crippen molar-refractivity contribution in [3.05, 3.63) is 29.6 Å². The summed E-state index contributed by atoms with van der Waals surface area (Å²) < 4.78 is 37.5. The minimum atomic E-state index is -4.11. The fourth-order valence-electron chi connectivity index (χ4n) is 1.16. The van der Waals surface area contributed by atoms with Gasteiger partial charge in [0, 0.05) is 5.69 Å². The fourth-order valence-corrected chi connectivity index (χ4v) is 2.04. The third-order valence-corrected chi connectivity index (χ3v) is 2.99. The van der Waals surface area contributed by atoms with Crippen LogP contribution >= 0.6 is 0 Å². The Labute approximate surface area is 101 Å². The Morgan fingerprint density at radius 1 is 1.39 bits per heavy atom. The zero-order chi connectivity index (χ0) is 13.9. The summed E-state index contributed by atoms with van der Waals surface area (Å²) in [5.41, 5.74) is 4.24. The molecule has 0 atom stereocenters. The van der Waals surface area contributed by atoms with Crippen molar-refractivity contribution in [1.29, 1.82) is 0 Å². The summed E-state index contributed by atoms with van der Waals surface area (Å²) >= 11 is 0. The summed E-state index contributed by atoms with van der Waals surface area (Å²) in [6, 6.07) is 2.77. The molecule has 18 heavy (non-hydrogen) atoms. The molecule has 98 valence electrons. The zero-order valence-electron chi connectivity index (χ0n) is 8.88. The summed E-state index contributed by atoms with van der Waals surface area (Å²) in [6.45, 7) is 0. The van der Waals surface area contributed by atoms with Crippen LogP contribution in [0.15, 0.2) is 18.2 Å². The van der Waals surface area contributed by atoms with Gasteiger partial charge in [0.1, 0.15) is 5.82 Å². The van der Waals surface area contributed by atoms with Crippen LogP contribution in [0.4, 0.5) is 10.1 Å². The van der Waals surface area contributed by atoms with E-state index in [1.807, 2.05) is 4.72 Å². The topological polar surface area (TPSA) is 127 Å². The molecule has 0 bridgehead atoms. The van der Waals surface area contributed by atoms with Crippen molar-refractivity contribution < 1.29 is 27.5 Å². The average molecular weight is 276 g/mol. The van der Waals surface area contributed by atoms with E-state index in [9.17, 15) is 22.4 Å². The number of rotatable bonds is 5. The molecule has 0 saturated heterocycles. The first-order valence-corrected chi connectivity index (χ1v) is 6.18. The van der Waals surface area contributed by atoms with Gasteiger partial charge in [-0.2, -0.15) is 0 Å². The van der Waals surface area contributed by atoms with Gasteiger partial charge < -0.3 is 10.8 Å². The van der Waals surface area contributed by atoms with Crippen LogP contribution in [-0.4, -0.2) is 31.2 Å². The second-order valence-corrected chi connectivity index (χ2v) is 5.04. The van der Waals surface area contributed by atoms with Gasteiger partial charge in [-0.1, -0.05) is 0 Å². The Morgan fingerprint density at radius 3 is 2.50 bits per heavy atom. The zero-order valence-corrected chi connectivity index (χ0v) is 9.70. The van der Waals surface area contributed by atoms with Gasteiger partial charge in [0.05, 0.1) is 5.56 Å². The van der Waals surface area contributed by atoms with E-state index in [1.165, 1.54) is 0 Å². The second-order valence-electron chi connectivity index (χ2n) is 3.31. The molecular weight excluding hydrogens is 267 g/mol. The van der Waals surface area contributed by atoms with Gasteiger partial charge in [0.2, 0.25) is 10.0 Å². The van der Waals surface area contributed by atoms with E-state index in [4.69, 9.17) is 10.8 Å². The quantitative estimate of drug-likeness (QED) is 0.683. The van der Waals surface area contributed by atoms with E-state index in [0.717, 1.165) is 18.2 Å². The van der Waals surface area contributed by atoms with Gasteiger partial charge in [-0.25, -0.2) is 12.8 Å². The van der Waals surface area contributed by atoms with Crippen molar-refractivity contribution in [3.63, 3.8) is 0 Å². The number of carboxylic acid groups (broad SMARTS) is 1. The molecule has 1 aromatic carbocycles. The number of hydrogen-bond donors (Lipinski definition) is 3. The number of aliphatic carboxylic acids is 1. The Morgan fingerprint density at radius 2 is 2.00 bits per heavy atom. The third-order valence-electron chi connectivity index (χ3n) is 1.82. The van der Waals surface area contributed by atoms with Crippen molar-refractivity contribution in [1.82, 2.24) is 0 Å². The Bertz CT molecular complexity index is 599. The maximum absolute atomic E-state index is 13.1. The van der Waals surface area contributed by atoms with Crippen molar-refractivity contribution in [2.75, 3.05) is 10.5 Å². The smallest absolute Gasteiger partial charge is 0.320 e. The maximum atomic E-state index is 13.1. The highest BCUT2D eigenvalue weighted by Gasteiger charge is 2.17. The first kappa shape index (κ1) is 13.9. The van der Waals surface area contributed by atoms with Gasteiger partial charge in [-0.3, -0.25) is 14.3 Å². The van der Waals surface area contributed by atoms with E-state index in [0.29, 0.717) is 0 Å². The number of benzene rings is 1. The summed E-state index contributed by atoms with van der Waals surface area (Å²) in [5.74, 6) is -4.65. The number of carbonyl (C=O) groups excluding carboxylic acids is 1. The Hall–Kier alpha value is -2.16.